The lowest BCUT2D eigenvalue weighted by Crippen LogP contribution is -2.39. The first-order valence-electron chi connectivity index (χ1n) is 12.5. The summed E-state index contributed by atoms with van der Waals surface area (Å²) in [6, 6.07) is 13.8. The zero-order chi connectivity index (χ0) is 29.3. The zero-order valence-corrected chi connectivity index (χ0v) is 23.4. The molecular weight excluding hydrogens is 550 g/mol. The number of ether oxygens (including phenoxy) is 3. The Morgan fingerprint density at radius 3 is 2.51 bits per heavy atom. The number of carbonyl (C=O) groups excluding carboxylic acids is 1. The number of methoxy groups -OCH3 is 2. The van der Waals surface area contributed by atoms with E-state index >= 15 is 0 Å². The number of carbonyl (C=O) groups is 1. The summed E-state index contributed by atoms with van der Waals surface area (Å²) < 4.78 is 23.9. The van der Waals surface area contributed by atoms with Crippen molar-refractivity contribution in [2.45, 2.75) is 19.9 Å². The van der Waals surface area contributed by atoms with Crippen LogP contribution in [0.4, 0.5) is 5.69 Å². The molecule has 1 aliphatic heterocycles. The van der Waals surface area contributed by atoms with Crippen LogP contribution in [0.25, 0.3) is 17.4 Å². The normalized spacial score (nSPS) is 14.8. The molecule has 1 atom stereocenters. The number of nitro groups is 1. The van der Waals surface area contributed by atoms with Gasteiger partial charge in [0.1, 0.15) is 11.5 Å². The summed E-state index contributed by atoms with van der Waals surface area (Å²) >= 11 is 1.16. The molecule has 0 bridgehead atoms. The predicted octanol–water partition coefficient (Wildman–Crippen LogP) is 3.98. The van der Waals surface area contributed by atoms with Gasteiger partial charge >= 0.3 is 5.97 Å². The molecule has 12 heteroatoms. The number of fused-ring (bicyclic) bond motifs is 1. The number of aromatic nitrogens is 1. The predicted molar refractivity (Wildman–Crippen MR) is 151 cm³/mol. The summed E-state index contributed by atoms with van der Waals surface area (Å²) in [5, 5.41) is 11.0. The van der Waals surface area contributed by atoms with E-state index in [2.05, 4.69) is 4.99 Å². The first-order valence-corrected chi connectivity index (χ1v) is 13.3. The van der Waals surface area contributed by atoms with E-state index in [0.717, 1.165) is 11.3 Å². The minimum absolute atomic E-state index is 0.0249. The summed E-state index contributed by atoms with van der Waals surface area (Å²) in [5.74, 6) is 1.28. The highest BCUT2D eigenvalue weighted by Crippen LogP contribution is 2.36. The highest BCUT2D eigenvalue weighted by Gasteiger charge is 2.34. The van der Waals surface area contributed by atoms with Gasteiger partial charge in [-0.25, -0.2) is 9.79 Å². The Kier molecular flexibility index (Phi) is 7.58. The number of thiazole rings is 1. The van der Waals surface area contributed by atoms with Crippen LogP contribution in [0.1, 0.15) is 31.2 Å². The van der Waals surface area contributed by atoms with Crippen LogP contribution in [-0.2, 0) is 9.53 Å². The Balaban J connectivity index is 1.62. The Bertz CT molecular complexity index is 1860. The van der Waals surface area contributed by atoms with E-state index in [1.54, 1.807) is 62.4 Å². The number of rotatable bonds is 8. The third-order valence-corrected chi connectivity index (χ3v) is 7.49. The second kappa shape index (κ2) is 11.3. The van der Waals surface area contributed by atoms with Crippen molar-refractivity contribution in [3.05, 3.63) is 107 Å². The van der Waals surface area contributed by atoms with E-state index in [1.807, 2.05) is 0 Å². The van der Waals surface area contributed by atoms with Gasteiger partial charge in [0.2, 0.25) is 0 Å². The van der Waals surface area contributed by atoms with Gasteiger partial charge in [-0.05, 0) is 55.8 Å². The fraction of sp³-hybridized carbons (Fsp3) is 0.207. The largest absolute Gasteiger partial charge is 0.493 e. The van der Waals surface area contributed by atoms with Crippen LogP contribution in [0, 0.1) is 10.1 Å². The van der Waals surface area contributed by atoms with Gasteiger partial charge in [-0.2, -0.15) is 0 Å². The molecule has 0 spiro atoms. The number of nitrogens with zero attached hydrogens (tertiary/aromatic N) is 3. The molecule has 1 aliphatic rings. The fourth-order valence-electron chi connectivity index (χ4n) is 4.59. The van der Waals surface area contributed by atoms with Crippen molar-refractivity contribution in [2.24, 2.45) is 4.99 Å². The molecule has 3 heterocycles. The van der Waals surface area contributed by atoms with Crippen LogP contribution in [0.5, 0.6) is 11.5 Å². The second-order valence-electron chi connectivity index (χ2n) is 8.92. The first kappa shape index (κ1) is 27.6. The van der Waals surface area contributed by atoms with Crippen molar-refractivity contribution in [1.29, 1.82) is 0 Å². The average molecular weight is 576 g/mol. The number of hydrogen-bond acceptors (Lipinski definition) is 10. The highest BCUT2D eigenvalue weighted by atomic mass is 32.1. The van der Waals surface area contributed by atoms with Crippen molar-refractivity contribution in [3.63, 3.8) is 0 Å². The Labute approximate surface area is 237 Å². The monoisotopic (exact) mass is 575 g/mol. The molecule has 0 saturated carbocycles. The van der Waals surface area contributed by atoms with Crippen molar-refractivity contribution in [3.8, 4) is 22.8 Å². The van der Waals surface area contributed by atoms with Gasteiger partial charge in [0.15, 0.2) is 16.3 Å². The molecule has 4 aromatic rings. The lowest BCUT2D eigenvalue weighted by Gasteiger charge is -2.25. The first-order chi connectivity index (χ1) is 19.7. The Hall–Kier alpha value is -4.97. The number of allylic oxidation sites excluding steroid dienone is 1. The van der Waals surface area contributed by atoms with E-state index < -0.39 is 16.9 Å². The SMILES string of the molecule is CCOC(=O)C1=C(C)N=c2s/c(=C\c3ccc(-c4ccc([N+](=O)[O-])cc4)o3)c(=O)n2[C@@H]1c1ccc(OC)c(OC)c1. The molecule has 0 amide bonds. The van der Waals surface area contributed by atoms with Gasteiger partial charge in [0, 0.05) is 23.8 Å². The number of furan rings is 1. The smallest absolute Gasteiger partial charge is 0.338 e. The fourth-order valence-corrected chi connectivity index (χ4v) is 5.62. The van der Waals surface area contributed by atoms with E-state index in [-0.39, 0.29) is 23.4 Å². The molecule has 2 aromatic carbocycles. The molecule has 0 radical (unpaired) electrons. The molecular formula is C29H25N3O8S. The highest BCUT2D eigenvalue weighted by molar-refractivity contribution is 7.07. The summed E-state index contributed by atoms with van der Waals surface area (Å²) in [6.45, 7) is 3.58. The van der Waals surface area contributed by atoms with Crippen molar-refractivity contribution >= 4 is 29.1 Å². The second-order valence-corrected chi connectivity index (χ2v) is 9.93. The number of nitro benzene ring substituents is 1. The molecule has 0 saturated heterocycles. The van der Waals surface area contributed by atoms with Crippen molar-refractivity contribution in [1.82, 2.24) is 4.57 Å². The molecule has 0 N–H and O–H groups in total. The molecule has 2 aromatic heterocycles. The molecule has 0 fully saturated rings. The summed E-state index contributed by atoms with van der Waals surface area (Å²) in [5.41, 5.74) is 1.57. The van der Waals surface area contributed by atoms with Crippen LogP contribution in [0.2, 0.25) is 0 Å². The number of esters is 1. The van der Waals surface area contributed by atoms with E-state index in [0.29, 0.717) is 49.2 Å². The van der Waals surface area contributed by atoms with Gasteiger partial charge < -0.3 is 18.6 Å². The molecule has 210 valence electrons. The van der Waals surface area contributed by atoms with E-state index in [1.165, 1.54) is 30.9 Å². The standard InChI is InChI=1S/C29H25N3O8S/c1-5-39-28(34)25-16(2)30-29-31(26(25)18-8-12-22(37-3)23(14-18)38-4)27(33)24(41-29)15-20-11-13-21(40-20)17-6-9-19(10-7-17)32(35)36/h6-15,26H,5H2,1-4H3/b24-15-/t26-/m1/s1. The minimum atomic E-state index is -0.820. The van der Waals surface area contributed by atoms with E-state index in [4.69, 9.17) is 18.6 Å². The molecule has 11 nitrogen and oxygen atoms in total. The van der Waals surface area contributed by atoms with Crippen molar-refractivity contribution in [2.75, 3.05) is 20.8 Å². The van der Waals surface area contributed by atoms with E-state index in [9.17, 15) is 19.7 Å². The number of benzene rings is 2. The van der Waals surface area contributed by atoms with Crippen LogP contribution in [0.15, 0.2) is 80.1 Å². The zero-order valence-electron chi connectivity index (χ0n) is 22.6. The van der Waals surface area contributed by atoms with Gasteiger partial charge in [0.25, 0.3) is 11.2 Å². The van der Waals surface area contributed by atoms with Crippen LogP contribution >= 0.6 is 11.3 Å². The lowest BCUT2D eigenvalue weighted by molar-refractivity contribution is -0.384. The summed E-state index contributed by atoms with van der Waals surface area (Å²) in [6.07, 6.45) is 1.60. The summed E-state index contributed by atoms with van der Waals surface area (Å²) in [4.78, 5) is 42.4. The Morgan fingerprint density at radius 1 is 1.12 bits per heavy atom. The van der Waals surface area contributed by atoms with Crippen LogP contribution in [-0.4, -0.2) is 36.3 Å². The Morgan fingerprint density at radius 2 is 1.85 bits per heavy atom. The molecule has 41 heavy (non-hydrogen) atoms. The van der Waals surface area contributed by atoms with Gasteiger partial charge in [-0.15, -0.1) is 0 Å². The quantitative estimate of drug-likeness (QED) is 0.175. The maximum atomic E-state index is 13.8. The number of non-ortho nitro benzene ring substituents is 1. The topological polar surface area (TPSA) is 135 Å². The van der Waals surface area contributed by atoms with Crippen molar-refractivity contribution < 1.29 is 28.3 Å². The van der Waals surface area contributed by atoms with Crippen LogP contribution in [0.3, 0.4) is 0 Å². The summed E-state index contributed by atoms with van der Waals surface area (Å²) in [7, 11) is 3.03. The van der Waals surface area contributed by atoms with Crippen LogP contribution < -0.4 is 24.4 Å². The van der Waals surface area contributed by atoms with Gasteiger partial charge in [-0.3, -0.25) is 19.5 Å². The molecule has 0 unspecified atom stereocenters. The van der Waals surface area contributed by atoms with Gasteiger partial charge in [0.05, 0.1) is 47.6 Å². The number of hydrogen-bond donors (Lipinski definition) is 0. The maximum absolute atomic E-state index is 13.8. The minimum Gasteiger partial charge on any atom is -0.493 e. The lowest BCUT2D eigenvalue weighted by atomic mass is 9.95. The third-order valence-electron chi connectivity index (χ3n) is 6.50. The molecule has 5 rings (SSSR count). The molecule has 0 aliphatic carbocycles. The van der Waals surface area contributed by atoms with Gasteiger partial charge in [-0.1, -0.05) is 17.4 Å². The average Bonchev–Trinajstić information content (AvgIpc) is 3.56. The third kappa shape index (κ3) is 5.16. The maximum Gasteiger partial charge on any atom is 0.338 e.